The maximum absolute atomic E-state index is 11.5. The van der Waals surface area contributed by atoms with E-state index in [0.717, 1.165) is 24.8 Å². The maximum atomic E-state index is 11.5. The zero-order valence-corrected chi connectivity index (χ0v) is 12.4. The van der Waals surface area contributed by atoms with E-state index < -0.39 is 6.10 Å². The number of ketones is 1. The largest absolute Gasteiger partial charge is 0.389 e. The predicted octanol–water partition coefficient (Wildman–Crippen LogP) is 2.23. The Morgan fingerprint density at radius 2 is 2.25 bits per heavy atom. The molecule has 0 aliphatic heterocycles. The van der Waals surface area contributed by atoms with Crippen molar-refractivity contribution >= 4 is 5.78 Å². The molecule has 0 bridgehead atoms. The van der Waals surface area contributed by atoms with E-state index in [0.29, 0.717) is 13.0 Å². The highest BCUT2D eigenvalue weighted by molar-refractivity contribution is 5.90. The first kappa shape index (κ1) is 15.4. The standard InChI is InChI=1S/C16H24O4/c1-12-14(18)6-7-15(12,2)16(10-20-11-19-3)8-4-13(17)5-9-16/h4,8,14,18H,1,5-7,9-11H2,2-3H3. The quantitative estimate of drug-likeness (QED) is 0.476. The summed E-state index contributed by atoms with van der Waals surface area (Å²) in [6.45, 7) is 6.94. The third-order valence-electron chi connectivity index (χ3n) is 5.09. The monoisotopic (exact) mass is 280 g/mol. The van der Waals surface area contributed by atoms with Crippen LogP contribution >= 0.6 is 0 Å². The van der Waals surface area contributed by atoms with Crippen LogP contribution in [0.1, 0.15) is 32.6 Å². The summed E-state index contributed by atoms with van der Waals surface area (Å²) >= 11 is 0. The molecular formula is C16H24O4. The van der Waals surface area contributed by atoms with Crippen LogP contribution in [-0.2, 0) is 14.3 Å². The minimum Gasteiger partial charge on any atom is -0.389 e. The molecule has 0 aromatic carbocycles. The van der Waals surface area contributed by atoms with Crippen LogP contribution < -0.4 is 0 Å². The van der Waals surface area contributed by atoms with Gasteiger partial charge in [-0.05, 0) is 30.9 Å². The summed E-state index contributed by atoms with van der Waals surface area (Å²) < 4.78 is 10.6. The number of hydrogen-bond acceptors (Lipinski definition) is 4. The van der Waals surface area contributed by atoms with Gasteiger partial charge in [-0.3, -0.25) is 4.79 Å². The average Bonchev–Trinajstić information content (AvgIpc) is 2.71. The van der Waals surface area contributed by atoms with E-state index in [2.05, 4.69) is 13.5 Å². The first-order chi connectivity index (χ1) is 9.45. The first-order valence-corrected chi connectivity index (χ1v) is 7.11. The number of aliphatic hydroxyl groups excluding tert-OH is 1. The summed E-state index contributed by atoms with van der Waals surface area (Å²) in [6, 6.07) is 0. The minimum absolute atomic E-state index is 0.153. The van der Waals surface area contributed by atoms with Gasteiger partial charge in [0.2, 0.25) is 0 Å². The third-order valence-corrected chi connectivity index (χ3v) is 5.09. The summed E-state index contributed by atoms with van der Waals surface area (Å²) in [5, 5.41) is 10.0. The van der Waals surface area contributed by atoms with Crippen LogP contribution in [0.2, 0.25) is 0 Å². The highest BCUT2D eigenvalue weighted by atomic mass is 16.7. The number of rotatable bonds is 5. The van der Waals surface area contributed by atoms with Gasteiger partial charge in [0.25, 0.3) is 0 Å². The fourth-order valence-electron chi connectivity index (χ4n) is 3.51. The second kappa shape index (κ2) is 5.80. The number of aliphatic hydroxyl groups is 1. The van der Waals surface area contributed by atoms with E-state index in [1.165, 1.54) is 0 Å². The number of carbonyl (C=O) groups is 1. The number of allylic oxidation sites excluding steroid dienone is 1. The van der Waals surface area contributed by atoms with Gasteiger partial charge in [-0.25, -0.2) is 0 Å². The van der Waals surface area contributed by atoms with Gasteiger partial charge < -0.3 is 14.6 Å². The highest BCUT2D eigenvalue weighted by Crippen LogP contribution is 2.57. The minimum atomic E-state index is -0.453. The Morgan fingerprint density at radius 1 is 1.50 bits per heavy atom. The second-order valence-corrected chi connectivity index (χ2v) is 6.12. The van der Waals surface area contributed by atoms with Crippen molar-refractivity contribution in [3.63, 3.8) is 0 Å². The maximum Gasteiger partial charge on any atom is 0.155 e. The SMILES string of the molecule is C=C1C(O)CCC1(C)C1(COCOC)C=CC(=O)CC1. The molecule has 2 aliphatic carbocycles. The summed E-state index contributed by atoms with van der Waals surface area (Å²) in [5.41, 5.74) is 0.336. The summed E-state index contributed by atoms with van der Waals surface area (Å²) in [6.07, 6.45) is 6.01. The Bertz CT molecular complexity index is 428. The summed E-state index contributed by atoms with van der Waals surface area (Å²) in [5.74, 6) is 0.153. The zero-order chi connectivity index (χ0) is 14.8. The van der Waals surface area contributed by atoms with E-state index in [9.17, 15) is 9.90 Å². The van der Waals surface area contributed by atoms with Crippen molar-refractivity contribution in [1.29, 1.82) is 0 Å². The average molecular weight is 280 g/mol. The van der Waals surface area contributed by atoms with Gasteiger partial charge in [0.15, 0.2) is 5.78 Å². The molecule has 3 unspecified atom stereocenters. The van der Waals surface area contributed by atoms with Gasteiger partial charge in [0.1, 0.15) is 6.79 Å². The lowest BCUT2D eigenvalue weighted by molar-refractivity contribution is -0.118. The van der Waals surface area contributed by atoms with E-state index in [4.69, 9.17) is 9.47 Å². The van der Waals surface area contributed by atoms with E-state index in [-0.39, 0.29) is 23.4 Å². The van der Waals surface area contributed by atoms with Crippen LogP contribution in [0.3, 0.4) is 0 Å². The lowest BCUT2D eigenvalue weighted by atomic mass is 9.58. The summed E-state index contributed by atoms with van der Waals surface area (Å²) in [7, 11) is 1.59. The van der Waals surface area contributed by atoms with E-state index >= 15 is 0 Å². The van der Waals surface area contributed by atoms with Crippen LogP contribution in [0, 0.1) is 10.8 Å². The molecule has 3 atom stereocenters. The molecule has 0 radical (unpaired) electrons. The fraction of sp³-hybridized carbons (Fsp3) is 0.688. The molecule has 4 heteroatoms. The molecule has 1 N–H and O–H groups in total. The number of carbonyl (C=O) groups excluding carboxylic acids is 1. The Kier molecular flexibility index (Phi) is 4.47. The van der Waals surface area contributed by atoms with Crippen molar-refractivity contribution in [2.45, 2.75) is 38.7 Å². The van der Waals surface area contributed by atoms with Crippen LogP contribution in [0.4, 0.5) is 0 Å². The van der Waals surface area contributed by atoms with Gasteiger partial charge in [-0.1, -0.05) is 19.6 Å². The van der Waals surface area contributed by atoms with Gasteiger partial charge >= 0.3 is 0 Å². The number of hydrogen-bond donors (Lipinski definition) is 1. The van der Waals surface area contributed by atoms with E-state index in [1.54, 1.807) is 13.2 Å². The topological polar surface area (TPSA) is 55.8 Å². The molecule has 1 fully saturated rings. The van der Waals surface area contributed by atoms with Crippen molar-refractivity contribution in [2.75, 3.05) is 20.5 Å². The van der Waals surface area contributed by atoms with Crippen LogP contribution in [0.5, 0.6) is 0 Å². The molecular weight excluding hydrogens is 256 g/mol. The third kappa shape index (κ3) is 2.48. The smallest absolute Gasteiger partial charge is 0.155 e. The number of ether oxygens (including phenoxy) is 2. The molecule has 20 heavy (non-hydrogen) atoms. The fourth-order valence-corrected chi connectivity index (χ4v) is 3.51. The lowest BCUT2D eigenvalue weighted by Crippen LogP contribution is -2.44. The molecule has 2 aliphatic rings. The Balaban J connectivity index is 2.29. The molecule has 0 spiro atoms. The molecule has 0 aromatic rings. The van der Waals surface area contributed by atoms with Gasteiger partial charge in [-0.2, -0.15) is 0 Å². The van der Waals surface area contributed by atoms with Crippen molar-refractivity contribution in [3.8, 4) is 0 Å². The highest BCUT2D eigenvalue weighted by Gasteiger charge is 2.53. The van der Waals surface area contributed by atoms with Crippen molar-refractivity contribution in [2.24, 2.45) is 10.8 Å². The van der Waals surface area contributed by atoms with Crippen molar-refractivity contribution < 1.29 is 19.4 Å². The second-order valence-electron chi connectivity index (χ2n) is 6.12. The molecule has 2 rings (SSSR count). The number of methoxy groups -OCH3 is 1. The zero-order valence-electron chi connectivity index (χ0n) is 12.4. The lowest BCUT2D eigenvalue weighted by Gasteiger charge is -2.47. The van der Waals surface area contributed by atoms with Gasteiger partial charge in [0, 0.05) is 24.4 Å². The molecule has 0 saturated heterocycles. The normalized spacial score (nSPS) is 37.6. The van der Waals surface area contributed by atoms with Gasteiger partial charge in [-0.15, -0.1) is 0 Å². The van der Waals surface area contributed by atoms with Crippen LogP contribution in [0.15, 0.2) is 24.3 Å². The molecule has 4 nitrogen and oxygen atoms in total. The molecule has 1 saturated carbocycles. The van der Waals surface area contributed by atoms with Crippen LogP contribution in [0.25, 0.3) is 0 Å². The summed E-state index contributed by atoms with van der Waals surface area (Å²) in [4.78, 5) is 11.5. The van der Waals surface area contributed by atoms with E-state index in [1.807, 2.05) is 6.08 Å². The van der Waals surface area contributed by atoms with Crippen molar-refractivity contribution in [3.05, 3.63) is 24.3 Å². The molecule has 112 valence electrons. The van der Waals surface area contributed by atoms with Crippen molar-refractivity contribution in [1.82, 2.24) is 0 Å². The predicted molar refractivity (Wildman–Crippen MR) is 76.1 cm³/mol. The molecule has 0 heterocycles. The van der Waals surface area contributed by atoms with Crippen LogP contribution in [-0.4, -0.2) is 37.5 Å². The van der Waals surface area contributed by atoms with Gasteiger partial charge in [0.05, 0.1) is 12.7 Å². The Labute approximate surface area is 120 Å². The molecule has 0 amide bonds. The Hall–Kier alpha value is -0.970. The first-order valence-electron chi connectivity index (χ1n) is 7.11. The molecule has 0 aromatic heterocycles. The Morgan fingerprint density at radius 3 is 2.75 bits per heavy atom.